The van der Waals surface area contributed by atoms with Crippen LogP contribution in [0.15, 0.2) is 0 Å². The van der Waals surface area contributed by atoms with Crippen molar-refractivity contribution in [1.29, 1.82) is 0 Å². The zero-order valence-electron chi connectivity index (χ0n) is 12.5. The average Bonchev–Trinajstić information content (AvgIpc) is 2.45. The van der Waals surface area contributed by atoms with Gasteiger partial charge in [0.05, 0.1) is 12.5 Å². The van der Waals surface area contributed by atoms with Crippen LogP contribution < -0.4 is 5.73 Å². The number of unbranched alkanes of at least 4 members (excludes halogenated alkanes) is 1. The van der Waals surface area contributed by atoms with E-state index in [2.05, 4.69) is 0 Å². The quantitative estimate of drug-likeness (QED) is 0.358. The molecule has 1 fully saturated rings. The Hall–Kier alpha value is -0.650. The van der Waals surface area contributed by atoms with Gasteiger partial charge in [-0.1, -0.05) is 45.4 Å². The van der Waals surface area contributed by atoms with E-state index in [0.29, 0.717) is 18.9 Å². The highest BCUT2D eigenvalue weighted by Gasteiger charge is 2.34. The van der Waals surface area contributed by atoms with Crippen LogP contribution in [0.1, 0.15) is 58.3 Å². The highest BCUT2D eigenvalue weighted by Crippen LogP contribution is 2.31. The Labute approximate surface area is 121 Å². The fraction of sp³-hybridized carbons (Fsp3) is 0.933. The molecule has 0 saturated heterocycles. The zero-order chi connectivity index (χ0) is 15.0. The van der Waals surface area contributed by atoms with Gasteiger partial charge < -0.3 is 20.7 Å². The summed E-state index contributed by atoms with van der Waals surface area (Å²) in [4.78, 5) is 12.1. The lowest BCUT2D eigenvalue weighted by molar-refractivity contribution is -0.157. The van der Waals surface area contributed by atoms with Gasteiger partial charge in [0.1, 0.15) is 12.3 Å². The third kappa shape index (κ3) is 5.77. The molecule has 5 nitrogen and oxygen atoms in total. The van der Waals surface area contributed by atoms with Crippen LogP contribution in [0, 0.1) is 11.8 Å². The first-order chi connectivity index (χ1) is 9.56. The summed E-state index contributed by atoms with van der Waals surface area (Å²) in [5.74, 6) is -0.725. The van der Waals surface area contributed by atoms with Gasteiger partial charge in [-0.15, -0.1) is 0 Å². The molecule has 1 aliphatic rings. The lowest BCUT2D eigenvalue weighted by Gasteiger charge is -2.29. The third-order valence-corrected chi connectivity index (χ3v) is 4.12. The summed E-state index contributed by atoms with van der Waals surface area (Å²) in [6.45, 7) is 2.38. The predicted octanol–water partition coefficient (Wildman–Crippen LogP) is 1.55. The normalized spacial score (nSPS) is 21.2. The number of esters is 1. The van der Waals surface area contributed by atoms with E-state index < -0.39 is 24.2 Å². The molecule has 20 heavy (non-hydrogen) atoms. The summed E-state index contributed by atoms with van der Waals surface area (Å²) in [6.07, 6.45) is 5.40. The summed E-state index contributed by atoms with van der Waals surface area (Å²) in [5, 5.41) is 19.3. The van der Waals surface area contributed by atoms with E-state index in [0.717, 1.165) is 25.7 Å². The van der Waals surface area contributed by atoms with Crippen LogP contribution in [-0.2, 0) is 9.53 Å². The molecule has 0 bridgehead atoms. The van der Waals surface area contributed by atoms with Gasteiger partial charge in [-0.25, -0.2) is 0 Å². The smallest absolute Gasteiger partial charge is 0.311 e. The van der Waals surface area contributed by atoms with Crippen LogP contribution in [0.4, 0.5) is 0 Å². The summed E-state index contributed by atoms with van der Waals surface area (Å²) in [5.41, 5.74) is 5.33. The van der Waals surface area contributed by atoms with Gasteiger partial charge in [0.15, 0.2) is 0 Å². The highest BCUT2D eigenvalue weighted by atomic mass is 16.5. The van der Waals surface area contributed by atoms with Crippen molar-refractivity contribution in [2.75, 3.05) is 6.61 Å². The minimum Gasteiger partial charge on any atom is -0.465 e. The van der Waals surface area contributed by atoms with Crippen molar-refractivity contribution in [2.24, 2.45) is 17.6 Å². The molecule has 0 spiro atoms. The van der Waals surface area contributed by atoms with Gasteiger partial charge in [0, 0.05) is 0 Å². The van der Waals surface area contributed by atoms with E-state index in [1.807, 2.05) is 6.92 Å². The van der Waals surface area contributed by atoms with Gasteiger partial charge in [-0.2, -0.15) is 0 Å². The highest BCUT2D eigenvalue weighted by molar-refractivity contribution is 5.73. The Morgan fingerprint density at radius 2 is 1.95 bits per heavy atom. The molecule has 4 N–H and O–H groups in total. The monoisotopic (exact) mass is 287 g/mol. The first-order valence-electron chi connectivity index (χ1n) is 7.84. The third-order valence-electron chi connectivity index (χ3n) is 4.12. The van der Waals surface area contributed by atoms with Crippen molar-refractivity contribution in [1.82, 2.24) is 0 Å². The van der Waals surface area contributed by atoms with E-state index in [4.69, 9.17) is 10.5 Å². The molecule has 0 amide bonds. The predicted molar refractivity (Wildman–Crippen MR) is 76.8 cm³/mol. The molecule has 0 heterocycles. The van der Waals surface area contributed by atoms with Gasteiger partial charge >= 0.3 is 5.97 Å². The molecule has 0 aromatic carbocycles. The molecule has 5 heteroatoms. The number of ether oxygens (including phenoxy) is 1. The molecule has 1 aliphatic carbocycles. The van der Waals surface area contributed by atoms with Crippen LogP contribution >= 0.6 is 0 Å². The first kappa shape index (κ1) is 17.4. The summed E-state index contributed by atoms with van der Waals surface area (Å²) in [7, 11) is 0. The van der Waals surface area contributed by atoms with Gasteiger partial charge in [0.25, 0.3) is 0 Å². The van der Waals surface area contributed by atoms with Gasteiger partial charge in [-0.05, 0) is 18.8 Å². The van der Waals surface area contributed by atoms with Crippen LogP contribution in [-0.4, -0.2) is 35.1 Å². The molecule has 0 aliphatic heterocycles. The number of nitrogens with two attached hydrogens (primary N) is 1. The topological polar surface area (TPSA) is 92.8 Å². The van der Waals surface area contributed by atoms with Crippen molar-refractivity contribution in [2.45, 2.75) is 70.6 Å². The van der Waals surface area contributed by atoms with Crippen LogP contribution in [0.3, 0.4) is 0 Å². The SMILES string of the molecule is CCCCOC(=O)C(CC1CCCCC1)C(O)C(N)O. The van der Waals surface area contributed by atoms with E-state index in [1.54, 1.807) is 0 Å². The zero-order valence-corrected chi connectivity index (χ0v) is 12.5. The lowest BCUT2D eigenvalue weighted by Crippen LogP contribution is -2.44. The van der Waals surface area contributed by atoms with Gasteiger partial charge in [0.2, 0.25) is 0 Å². The molecular formula is C15H29NO4. The number of aliphatic hydroxyl groups excluding tert-OH is 2. The molecule has 0 aromatic rings. The maximum atomic E-state index is 12.1. The maximum absolute atomic E-state index is 12.1. The molecule has 118 valence electrons. The number of hydrogen-bond acceptors (Lipinski definition) is 5. The molecule has 0 radical (unpaired) electrons. The Morgan fingerprint density at radius 3 is 2.50 bits per heavy atom. The maximum Gasteiger partial charge on any atom is 0.311 e. The number of aliphatic hydroxyl groups is 2. The molecule has 1 saturated carbocycles. The number of hydrogen-bond donors (Lipinski definition) is 3. The molecular weight excluding hydrogens is 258 g/mol. The Bertz CT molecular complexity index is 277. The second-order valence-electron chi connectivity index (χ2n) is 5.85. The molecule has 1 rings (SSSR count). The second-order valence-corrected chi connectivity index (χ2v) is 5.85. The minimum absolute atomic E-state index is 0.365. The van der Waals surface area contributed by atoms with Crippen molar-refractivity contribution >= 4 is 5.97 Å². The fourth-order valence-corrected chi connectivity index (χ4v) is 2.82. The Balaban J connectivity index is 2.56. The Kier molecular flexibility index (Phi) is 8.11. The molecule has 3 unspecified atom stereocenters. The number of rotatable bonds is 8. The number of carbonyl (C=O) groups is 1. The minimum atomic E-state index is -1.40. The summed E-state index contributed by atoms with van der Waals surface area (Å²) in [6, 6.07) is 0. The van der Waals surface area contributed by atoms with E-state index in [9.17, 15) is 15.0 Å². The summed E-state index contributed by atoms with van der Waals surface area (Å²) < 4.78 is 5.19. The fourth-order valence-electron chi connectivity index (χ4n) is 2.82. The van der Waals surface area contributed by atoms with Crippen LogP contribution in [0.25, 0.3) is 0 Å². The van der Waals surface area contributed by atoms with Crippen molar-refractivity contribution < 1.29 is 19.7 Å². The van der Waals surface area contributed by atoms with E-state index >= 15 is 0 Å². The molecule has 3 atom stereocenters. The van der Waals surface area contributed by atoms with E-state index in [1.165, 1.54) is 19.3 Å². The lowest BCUT2D eigenvalue weighted by atomic mass is 9.81. The van der Waals surface area contributed by atoms with Crippen molar-refractivity contribution in [3.05, 3.63) is 0 Å². The van der Waals surface area contributed by atoms with Crippen LogP contribution in [0.5, 0.6) is 0 Å². The summed E-state index contributed by atoms with van der Waals surface area (Å²) >= 11 is 0. The van der Waals surface area contributed by atoms with E-state index in [-0.39, 0.29) is 0 Å². The largest absolute Gasteiger partial charge is 0.465 e. The van der Waals surface area contributed by atoms with Crippen molar-refractivity contribution in [3.8, 4) is 0 Å². The van der Waals surface area contributed by atoms with Crippen LogP contribution in [0.2, 0.25) is 0 Å². The number of carbonyl (C=O) groups excluding carboxylic acids is 1. The Morgan fingerprint density at radius 1 is 1.30 bits per heavy atom. The van der Waals surface area contributed by atoms with Crippen molar-refractivity contribution in [3.63, 3.8) is 0 Å². The average molecular weight is 287 g/mol. The first-order valence-corrected chi connectivity index (χ1v) is 7.84. The molecule has 0 aromatic heterocycles. The second kappa shape index (κ2) is 9.32. The van der Waals surface area contributed by atoms with Gasteiger partial charge in [-0.3, -0.25) is 4.79 Å². The standard InChI is InChI=1S/C15H29NO4/c1-2-3-9-20-15(19)12(13(17)14(16)18)10-11-7-5-4-6-8-11/h11-14,17-18H,2-10,16H2,1H3.